The monoisotopic (exact) mass is 328 g/mol. The molecule has 0 aliphatic rings. The van der Waals surface area contributed by atoms with Crippen LogP contribution in [0.15, 0.2) is 22.7 Å². The maximum absolute atomic E-state index is 11.8. The van der Waals surface area contributed by atoms with E-state index in [9.17, 15) is 4.79 Å². The highest BCUT2D eigenvalue weighted by Crippen LogP contribution is 2.28. The van der Waals surface area contributed by atoms with Crippen molar-refractivity contribution in [3.8, 4) is 5.75 Å². The van der Waals surface area contributed by atoms with Crippen LogP contribution in [0.25, 0.3) is 0 Å². The highest BCUT2D eigenvalue weighted by Gasteiger charge is 2.17. The summed E-state index contributed by atoms with van der Waals surface area (Å²) in [5.41, 5.74) is 6.79. The summed E-state index contributed by atoms with van der Waals surface area (Å²) < 4.78 is 6.62. The predicted octanol–water partition coefficient (Wildman–Crippen LogP) is 2.76. The molecule has 0 aliphatic heterocycles. The molecule has 19 heavy (non-hydrogen) atoms. The van der Waals surface area contributed by atoms with E-state index in [1.165, 1.54) is 0 Å². The topological polar surface area (TPSA) is 64.3 Å². The molecule has 106 valence electrons. The summed E-state index contributed by atoms with van der Waals surface area (Å²) in [5, 5.41) is 2.81. The average molecular weight is 329 g/mol. The molecule has 4 nitrogen and oxygen atoms in total. The molecule has 0 saturated carbocycles. The van der Waals surface area contributed by atoms with E-state index in [-0.39, 0.29) is 11.9 Å². The van der Waals surface area contributed by atoms with Crippen LogP contribution in [0, 0.1) is 0 Å². The number of amides is 1. The Kier molecular flexibility index (Phi) is 6.31. The number of nitrogens with one attached hydrogen (secondary N) is 1. The molecule has 0 aromatic heterocycles. The summed E-state index contributed by atoms with van der Waals surface area (Å²) in [4.78, 5) is 11.8. The molecule has 1 amide bonds. The Morgan fingerprint density at radius 2 is 2.16 bits per heavy atom. The van der Waals surface area contributed by atoms with Crippen LogP contribution in [0.2, 0.25) is 0 Å². The Labute approximate surface area is 122 Å². The third kappa shape index (κ3) is 4.84. The second kappa shape index (κ2) is 7.50. The minimum Gasteiger partial charge on any atom is -0.481 e. The van der Waals surface area contributed by atoms with Crippen molar-refractivity contribution >= 4 is 21.8 Å². The summed E-state index contributed by atoms with van der Waals surface area (Å²) in [6.07, 6.45) is 0.360. The molecule has 0 radical (unpaired) electrons. The van der Waals surface area contributed by atoms with E-state index < -0.39 is 6.10 Å². The van der Waals surface area contributed by atoms with Crippen molar-refractivity contribution in [2.24, 2.45) is 5.73 Å². The van der Waals surface area contributed by atoms with E-state index in [1.54, 1.807) is 6.92 Å². The summed E-state index contributed by atoms with van der Waals surface area (Å²) in [6.45, 7) is 6.29. The third-order valence-corrected chi connectivity index (χ3v) is 3.18. The molecular formula is C14H21BrN2O2. The fraction of sp³-hybridized carbons (Fsp3) is 0.500. The van der Waals surface area contributed by atoms with E-state index in [4.69, 9.17) is 10.5 Å². The molecule has 0 aliphatic carbocycles. The summed E-state index contributed by atoms with van der Waals surface area (Å²) in [6, 6.07) is 5.50. The second-order valence-corrected chi connectivity index (χ2v) is 5.44. The van der Waals surface area contributed by atoms with Crippen molar-refractivity contribution in [2.45, 2.75) is 39.3 Å². The number of carbonyl (C=O) groups is 1. The number of halogens is 1. The molecule has 1 aromatic rings. The van der Waals surface area contributed by atoms with Gasteiger partial charge in [0, 0.05) is 22.6 Å². The minimum absolute atomic E-state index is 0.113. The van der Waals surface area contributed by atoms with Gasteiger partial charge >= 0.3 is 0 Å². The van der Waals surface area contributed by atoms with Gasteiger partial charge in [0.05, 0.1) is 0 Å². The van der Waals surface area contributed by atoms with Crippen LogP contribution in [0.3, 0.4) is 0 Å². The quantitative estimate of drug-likeness (QED) is 0.843. The summed E-state index contributed by atoms with van der Waals surface area (Å²) in [5.74, 6) is 0.529. The lowest BCUT2D eigenvalue weighted by Gasteiger charge is -2.19. The van der Waals surface area contributed by atoms with Gasteiger partial charge in [-0.3, -0.25) is 4.79 Å². The Balaban J connectivity index is 2.80. The molecule has 5 heteroatoms. The van der Waals surface area contributed by atoms with Crippen LogP contribution in [-0.2, 0) is 4.79 Å². The van der Waals surface area contributed by atoms with Gasteiger partial charge in [-0.1, -0.05) is 28.9 Å². The number of hydrogen-bond acceptors (Lipinski definition) is 3. The molecule has 0 spiro atoms. The highest BCUT2D eigenvalue weighted by molar-refractivity contribution is 9.10. The first kappa shape index (κ1) is 16.0. The first-order valence-corrected chi connectivity index (χ1v) is 7.24. The smallest absolute Gasteiger partial charge is 0.260 e. The van der Waals surface area contributed by atoms with Gasteiger partial charge in [0.1, 0.15) is 5.75 Å². The Hall–Kier alpha value is -1.07. The number of benzene rings is 1. The standard InChI is InChI=1S/C14H21BrN2O2/c1-4-7-17-14(18)10(3)19-13-8-11(15)5-6-12(13)9(2)16/h5-6,8-10H,4,7,16H2,1-3H3,(H,17,18)/t9-,10?/m0/s1. The number of carbonyl (C=O) groups excluding carboxylic acids is 1. The Morgan fingerprint density at radius 3 is 2.74 bits per heavy atom. The van der Waals surface area contributed by atoms with E-state index in [1.807, 2.05) is 32.0 Å². The van der Waals surface area contributed by atoms with Gasteiger partial charge in [-0.2, -0.15) is 0 Å². The van der Waals surface area contributed by atoms with Crippen molar-refractivity contribution in [3.05, 3.63) is 28.2 Å². The van der Waals surface area contributed by atoms with Crippen molar-refractivity contribution in [1.82, 2.24) is 5.32 Å². The first-order chi connectivity index (χ1) is 8.95. The molecule has 1 unspecified atom stereocenters. The average Bonchev–Trinajstić information content (AvgIpc) is 2.35. The van der Waals surface area contributed by atoms with Gasteiger partial charge < -0.3 is 15.8 Å². The number of hydrogen-bond donors (Lipinski definition) is 2. The predicted molar refractivity (Wildman–Crippen MR) is 80.1 cm³/mol. The number of nitrogens with two attached hydrogens (primary N) is 1. The van der Waals surface area contributed by atoms with Gasteiger partial charge in [-0.15, -0.1) is 0 Å². The van der Waals surface area contributed by atoms with Crippen molar-refractivity contribution in [3.63, 3.8) is 0 Å². The van der Waals surface area contributed by atoms with Crippen molar-refractivity contribution in [2.75, 3.05) is 6.54 Å². The van der Waals surface area contributed by atoms with Crippen LogP contribution in [0.4, 0.5) is 0 Å². The zero-order chi connectivity index (χ0) is 14.4. The normalized spacial score (nSPS) is 13.7. The first-order valence-electron chi connectivity index (χ1n) is 6.45. The van der Waals surface area contributed by atoms with E-state index >= 15 is 0 Å². The molecule has 1 aromatic carbocycles. The SMILES string of the molecule is CCCNC(=O)C(C)Oc1cc(Br)ccc1[C@H](C)N. The van der Waals surface area contributed by atoms with Crippen molar-refractivity contribution in [1.29, 1.82) is 0 Å². The molecule has 2 atom stereocenters. The van der Waals surface area contributed by atoms with Gasteiger partial charge in [0.25, 0.3) is 5.91 Å². The van der Waals surface area contributed by atoms with Crippen LogP contribution in [0.5, 0.6) is 5.75 Å². The molecular weight excluding hydrogens is 308 g/mol. The van der Waals surface area contributed by atoms with Gasteiger partial charge in [-0.05, 0) is 32.4 Å². The maximum atomic E-state index is 11.8. The van der Waals surface area contributed by atoms with Crippen molar-refractivity contribution < 1.29 is 9.53 Å². The molecule has 0 bridgehead atoms. The summed E-state index contributed by atoms with van der Waals surface area (Å²) in [7, 11) is 0. The van der Waals surface area contributed by atoms with Crippen LogP contribution in [-0.4, -0.2) is 18.6 Å². The molecule has 0 saturated heterocycles. The van der Waals surface area contributed by atoms with E-state index in [0.29, 0.717) is 12.3 Å². The van der Waals surface area contributed by atoms with E-state index in [0.717, 1.165) is 16.5 Å². The Bertz CT molecular complexity index is 435. The van der Waals surface area contributed by atoms with Crippen LogP contribution >= 0.6 is 15.9 Å². The fourth-order valence-corrected chi connectivity index (χ4v) is 1.96. The zero-order valence-corrected chi connectivity index (χ0v) is 13.2. The molecule has 0 fully saturated rings. The van der Waals surface area contributed by atoms with Gasteiger partial charge in [0.2, 0.25) is 0 Å². The van der Waals surface area contributed by atoms with Gasteiger partial charge in [0.15, 0.2) is 6.10 Å². The Morgan fingerprint density at radius 1 is 1.47 bits per heavy atom. The molecule has 1 rings (SSSR count). The highest BCUT2D eigenvalue weighted by atomic mass is 79.9. The maximum Gasteiger partial charge on any atom is 0.260 e. The number of rotatable bonds is 6. The van der Waals surface area contributed by atoms with E-state index in [2.05, 4.69) is 21.2 Å². The minimum atomic E-state index is -0.543. The lowest BCUT2D eigenvalue weighted by Crippen LogP contribution is -2.36. The second-order valence-electron chi connectivity index (χ2n) is 4.52. The number of ether oxygens (including phenoxy) is 1. The molecule has 0 heterocycles. The lowest BCUT2D eigenvalue weighted by molar-refractivity contribution is -0.127. The summed E-state index contributed by atoms with van der Waals surface area (Å²) >= 11 is 3.39. The third-order valence-electron chi connectivity index (χ3n) is 2.69. The zero-order valence-electron chi connectivity index (χ0n) is 11.6. The lowest BCUT2D eigenvalue weighted by atomic mass is 10.1. The van der Waals surface area contributed by atoms with Gasteiger partial charge in [-0.25, -0.2) is 0 Å². The van der Waals surface area contributed by atoms with Crippen LogP contribution < -0.4 is 15.8 Å². The fourth-order valence-electron chi connectivity index (χ4n) is 1.62. The van der Waals surface area contributed by atoms with Crippen LogP contribution in [0.1, 0.15) is 38.8 Å². The largest absolute Gasteiger partial charge is 0.481 e. The molecule has 3 N–H and O–H groups in total.